The number of rotatable bonds is 4. The van der Waals surface area contributed by atoms with Crippen molar-refractivity contribution < 1.29 is 5.11 Å². The molecule has 1 heterocycles. The van der Waals surface area contributed by atoms with E-state index in [4.69, 9.17) is 0 Å². The highest BCUT2D eigenvalue weighted by molar-refractivity contribution is 5.81. The lowest BCUT2D eigenvalue weighted by Gasteiger charge is -2.38. The zero-order valence-electron chi connectivity index (χ0n) is 12.1. The summed E-state index contributed by atoms with van der Waals surface area (Å²) < 4.78 is 0. The number of nitrogens with one attached hydrogen (secondary N) is 1. The average Bonchev–Trinajstić information content (AvgIpc) is 2.35. The van der Waals surface area contributed by atoms with E-state index in [2.05, 4.69) is 16.4 Å². The quantitative estimate of drug-likeness (QED) is 0.886. The maximum absolute atomic E-state index is 10.2. The van der Waals surface area contributed by atoms with E-state index < -0.39 is 5.60 Å². The molecule has 0 atom stereocenters. The molecular weight excluding hydrogens is 236 g/mol. The smallest absolute Gasteiger partial charge is 0.0767 e. The molecule has 0 aliphatic rings. The fourth-order valence-electron chi connectivity index (χ4n) is 1.84. The number of pyridine rings is 1. The summed E-state index contributed by atoms with van der Waals surface area (Å²) in [6, 6.07) is 10.1. The van der Waals surface area contributed by atoms with E-state index in [1.165, 1.54) is 5.56 Å². The van der Waals surface area contributed by atoms with Gasteiger partial charge in [0.25, 0.3) is 0 Å². The van der Waals surface area contributed by atoms with Gasteiger partial charge in [-0.3, -0.25) is 4.98 Å². The lowest BCUT2D eigenvalue weighted by molar-refractivity contribution is -0.00527. The van der Waals surface area contributed by atoms with Gasteiger partial charge in [-0.25, -0.2) is 0 Å². The standard InChI is InChI=1S/C16H22N2O/c1-15(2,16(3,4)19)18-11-12-9-10-17-14-8-6-5-7-13(12)14/h5-10,18-19H,11H2,1-4H3. The van der Waals surface area contributed by atoms with Crippen LogP contribution in [0.5, 0.6) is 0 Å². The van der Waals surface area contributed by atoms with Gasteiger partial charge in [0.1, 0.15) is 0 Å². The molecule has 0 amide bonds. The lowest BCUT2D eigenvalue weighted by atomic mass is 9.86. The zero-order valence-corrected chi connectivity index (χ0v) is 12.1. The highest BCUT2D eigenvalue weighted by Crippen LogP contribution is 2.22. The van der Waals surface area contributed by atoms with Crippen molar-refractivity contribution in [1.82, 2.24) is 10.3 Å². The van der Waals surface area contributed by atoms with Crippen LogP contribution in [0.3, 0.4) is 0 Å². The molecule has 3 nitrogen and oxygen atoms in total. The molecule has 0 saturated carbocycles. The zero-order chi connectivity index (χ0) is 14.1. The van der Waals surface area contributed by atoms with E-state index in [0.29, 0.717) is 6.54 Å². The molecular formula is C16H22N2O. The Balaban J connectivity index is 2.23. The molecule has 2 N–H and O–H groups in total. The predicted molar refractivity (Wildman–Crippen MR) is 79.0 cm³/mol. The summed E-state index contributed by atoms with van der Waals surface area (Å²) in [5, 5.41) is 14.7. The molecule has 0 fully saturated rings. The van der Waals surface area contributed by atoms with Crippen molar-refractivity contribution in [3.05, 3.63) is 42.1 Å². The van der Waals surface area contributed by atoms with E-state index in [9.17, 15) is 5.11 Å². The number of hydrogen-bond donors (Lipinski definition) is 2. The Kier molecular flexibility index (Phi) is 3.61. The highest BCUT2D eigenvalue weighted by Gasteiger charge is 2.34. The first kappa shape index (κ1) is 14.0. The van der Waals surface area contributed by atoms with Crippen LogP contribution in [-0.2, 0) is 6.54 Å². The summed E-state index contributed by atoms with van der Waals surface area (Å²) in [5.74, 6) is 0. The first-order valence-corrected chi connectivity index (χ1v) is 6.61. The minimum Gasteiger partial charge on any atom is -0.389 e. The van der Waals surface area contributed by atoms with Crippen LogP contribution in [0.25, 0.3) is 10.9 Å². The van der Waals surface area contributed by atoms with Crippen LogP contribution in [0, 0.1) is 0 Å². The third kappa shape index (κ3) is 2.94. The molecule has 0 aliphatic carbocycles. The van der Waals surface area contributed by atoms with Crippen LogP contribution in [0.2, 0.25) is 0 Å². The van der Waals surface area contributed by atoms with Crippen molar-refractivity contribution in [1.29, 1.82) is 0 Å². The van der Waals surface area contributed by atoms with Crippen molar-refractivity contribution in [2.75, 3.05) is 0 Å². The number of nitrogens with zero attached hydrogens (tertiary/aromatic N) is 1. The Labute approximate surface area is 114 Å². The largest absolute Gasteiger partial charge is 0.389 e. The number of aliphatic hydroxyl groups is 1. The molecule has 0 bridgehead atoms. The maximum Gasteiger partial charge on any atom is 0.0767 e. The van der Waals surface area contributed by atoms with Gasteiger partial charge in [-0.15, -0.1) is 0 Å². The Bertz CT molecular complexity index is 565. The molecule has 19 heavy (non-hydrogen) atoms. The predicted octanol–water partition coefficient (Wildman–Crippen LogP) is 2.87. The second-order valence-corrected chi connectivity index (χ2v) is 6.02. The fourth-order valence-corrected chi connectivity index (χ4v) is 1.84. The van der Waals surface area contributed by atoms with Crippen molar-refractivity contribution in [3.63, 3.8) is 0 Å². The summed E-state index contributed by atoms with van der Waals surface area (Å²) in [7, 11) is 0. The fraction of sp³-hybridized carbons (Fsp3) is 0.438. The number of para-hydroxylation sites is 1. The van der Waals surface area contributed by atoms with Crippen LogP contribution < -0.4 is 5.32 Å². The van der Waals surface area contributed by atoms with Crippen molar-refractivity contribution in [2.24, 2.45) is 0 Å². The van der Waals surface area contributed by atoms with Crippen molar-refractivity contribution in [2.45, 2.75) is 45.4 Å². The summed E-state index contributed by atoms with van der Waals surface area (Å²) in [6.45, 7) is 8.38. The summed E-state index contributed by atoms with van der Waals surface area (Å²) in [6.07, 6.45) is 1.83. The van der Waals surface area contributed by atoms with E-state index >= 15 is 0 Å². The molecule has 102 valence electrons. The third-order valence-corrected chi connectivity index (χ3v) is 3.99. The maximum atomic E-state index is 10.2. The minimum absolute atomic E-state index is 0.364. The lowest BCUT2D eigenvalue weighted by Crippen LogP contribution is -2.55. The number of benzene rings is 1. The third-order valence-electron chi connectivity index (χ3n) is 3.99. The SMILES string of the molecule is CC(C)(O)C(C)(C)NCc1ccnc2ccccc12. The molecule has 1 aromatic heterocycles. The Morgan fingerprint density at radius 1 is 1.11 bits per heavy atom. The second kappa shape index (κ2) is 4.91. The van der Waals surface area contributed by atoms with Gasteiger partial charge >= 0.3 is 0 Å². The summed E-state index contributed by atoms with van der Waals surface area (Å²) in [5.41, 5.74) is 1.05. The van der Waals surface area contributed by atoms with Crippen LogP contribution in [-0.4, -0.2) is 21.2 Å². The Hall–Kier alpha value is -1.45. The normalized spacial score (nSPS) is 12.9. The van der Waals surface area contributed by atoms with Crippen molar-refractivity contribution >= 4 is 10.9 Å². The molecule has 0 unspecified atom stereocenters. The topological polar surface area (TPSA) is 45.1 Å². The van der Waals surface area contributed by atoms with E-state index in [1.54, 1.807) is 0 Å². The molecule has 3 heteroatoms. The number of hydrogen-bond acceptors (Lipinski definition) is 3. The first-order chi connectivity index (χ1) is 8.81. The minimum atomic E-state index is -0.782. The first-order valence-electron chi connectivity index (χ1n) is 6.61. The monoisotopic (exact) mass is 258 g/mol. The van der Waals surface area contributed by atoms with E-state index in [-0.39, 0.29) is 5.54 Å². The molecule has 2 rings (SSSR count). The Morgan fingerprint density at radius 2 is 1.79 bits per heavy atom. The van der Waals surface area contributed by atoms with E-state index in [0.717, 1.165) is 10.9 Å². The molecule has 1 aromatic carbocycles. The van der Waals surface area contributed by atoms with Crippen LogP contribution in [0.1, 0.15) is 33.3 Å². The Morgan fingerprint density at radius 3 is 2.47 bits per heavy atom. The van der Waals surface area contributed by atoms with Gasteiger partial charge in [0, 0.05) is 23.7 Å². The highest BCUT2D eigenvalue weighted by atomic mass is 16.3. The summed E-state index contributed by atoms with van der Waals surface area (Å²) in [4.78, 5) is 4.36. The van der Waals surface area contributed by atoms with E-state index in [1.807, 2.05) is 58.2 Å². The van der Waals surface area contributed by atoms with Gasteiger partial charge in [-0.05, 0) is 45.4 Å². The number of fused-ring (bicyclic) bond motifs is 1. The number of aromatic nitrogens is 1. The molecule has 2 aromatic rings. The summed E-state index contributed by atoms with van der Waals surface area (Å²) >= 11 is 0. The average molecular weight is 258 g/mol. The van der Waals surface area contributed by atoms with Crippen LogP contribution in [0.15, 0.2) is 36.5 Å². The molecule has 0 saturated heterocycles. The van der Waals surface area contributed by atoms with Gasteiger partial charge in [-0.2, -0.15) is 0 Å². The van der Waals surface area contributed by atoms with Crippen LogP contribution >= 0.6 is 0 Å². The van der Waals surface area contributed by atoms with Crippen LogP contribution in [0.4, 0.5) is 0 Å². The van der Waals surface area contributed by atoms with Gasteiger partial charge in [-0.1, -0.05) is 18.2 Å². The molecule has 0 radical (unpaired) electrons. The molecule has 0 aliphatic heterocycles. The van der Waals surface area contributed by atoms with Crippen molar-refractivity contribution in [3.8, 4) is 0 Å². The van der Waals surface area contributed by atoms with Gasteiger partial charge in [0.2, 0.25) is 0 Å². The van der Waals surface area contributed by atoms with Gasteiger partial charge in [0.15, 0.2) is 0 Å². The second-order valence-electron chi connectivity index (χ2n) is 6.02. The molecule has 0 spiro atoms. The van der Waals surface area contributed by atoms with Gasteiger partial charge < -0.3 is 10.4 Å². The van der Waals surface area contributed by atoms with Gasteiger partial charge in [0.05, 0.1) is 11.1 Å².